The van der Waals surface area contributed by atoms with Gasteiger partial charge in [0.1, 0.15) is 12.4 Å². The van der Waals surface area contributed by atoms with E-state index in [-0.39, 0.29) is 29.4 Å². The molecule has 186 valence electrons. The Morgan fingerprint density at radius 2 is 1.69 bits per heavy atom. The second-order valence-corrected chi connectivity index (χ2v) is 11.5. The molecule has 2 aromatic carbocycles. The highest BCUT2D eigenvalue weighted by atomic mass is 16.5. The van der Waals surface area contributed by atoms with Gasteiger partial charge in [-0.1, -0.05) is 71.9 Å². The van der Waals surface area contributed by atoms with Crippen LogP contribution in [0.3, 0.4) is 0 Å². The largest absolute Gasteiger partial charge is 0.444 e. The molecule has 0 bridgehead atoms. The van der Waals surface area contributed by atoms with Crippen LogP contribution in [0.5, 0.6) is 0 Å². The Morgan fingerprint density at radius 3 is 2.31 bits per heavy atom. The lowest BCUT2D eigenvalue weighted by molar-refractivity contribution is 0.140. The van der Waals surface area contributed by atoms with E-state index in [0.29, 0.717) is 5.82 Å². The Balaban J connectivity index is 1.60. The first-order valence-corrected chi connectivity index (χ1v) is 12.9. The molecule has 0 radical (unpaired) electrons. The zero-order valence-corrected chi connectivity index (χ0v) is 22.7. The lowest BCUT2D eigenvalue weighted by Crippen LogP contribution is -2.34. The minimum absolute atomic E-state index is 0.0181. The molecule has 1 aliphatic rings. The molecule has 4 rings (SSSR count). The van der Waals surface area contributed by atoms with Gasteiger partial charge in [-0.3, -0.25) is 0 Å². The number of rotatable bonds is 5. The summed E-state index contributed by atoms with van der Waals surface area (Å²) in [7, 11) is 0. The molecule has 3 aromatic rings. The SMILES string of the molecule is CCc1cc2c(cc1COC(=O)n1ccnc1[C@@H](C)c1cccc(C)c1C)C(C)(C)CCC2(C)C. The van der Waals surface area contributed by atoms with Gasteiger partial charge in [-0.25, -0.2) is 14.3 Å². The van der Waals surface area contributed by atoms with Crippen molar-refractivity contribution >= 4 is 6.09 Å². The van der Waals surface area contributed by atoms with Crippen LogP contribution in [0.15, 0.2) is 42.7 Å². The maximum atomic E-state index is 13.2. The van der Waals surface area contributed by atoms with Crippen LogP contribution in [0.2, 0.25) is 0 Å². The third-order valence-corrected chi connectivity index (χ3v) is 8.27. The number of aromatic nitrogens is 2. The zero-order valence-electron chi connectivity index (χ0n) is 22.7. The normalized spacial score (nSPS) is 17.0. The van der Waals surface area contributed by atoms with E-state index in [1.54, 1.807) is 17.0 Å². The van der Waals surface area contributed by atoms with Crippen molar-refractivity contribution < 1.29 is 9.53 Å². The Kier molecular flexibility index (Phi) is 6.70. The fraction of sp³-hybridized carbons (Fsp3) is 0.484. The van der Waals surface area contributed by atoms with Crippen molar-refractivity contribution in [2.75, 3.05) is 0 Å². The molecule has 1 aliphatic carbocycles. The van der Waals surface area contributed by atoms with Crippen LogP contribution < -0.4 is 0 Å². The van der Waals surface area contributed by atoms with Gasteiger partial charge in [-0.2, -0.15) is 0 Å². The predicted octanol–water partition coefficient (Wildman–Crippen LogP) is 7.75. The number of ether oxygens (including phenoxy) is 1. The topological polar surface area (TPSA) is 44.1 Å². The average Bonchev–Trinajstić information content (AvgIpc) is 3.31. The van der Waals surface area contributed by atoms with E-state index in [1.807, 2.05) is 0 Å². The number of aryl methyl sites for hydroxylation is 2. The quantitative estimate of drug-likeness (QED) is 0.381. The first kappa shape index (κ1) is 25.2. The highest BCUT2D eigenvalue weighted by molar-refractivity contribution is 5.71. The van der Waals surface area contributed by atoms with Gasteiger partial charge in [0.05, 0.1) is 0 Å². The van der Waals surface area contributed by atoms with Crippen LogP contribution in [0.25, 0.3) is 0 Å². The number of hydrogen-bond donors (Lipinski definition) is 0. The van der Waals surface area contributed by atoms with Crippen molar-refractivity contribution in [3.8, 4) is 0 Å². The van der Waals surface area contributed by atoms with Crippen molar-refractivity contribution in [3.63, 3.8) is 0 Å². The molecule has 0 fully saturated rings. The van der Waals surface area contributed by atoms with E-state index >= 15 is 0 Å². The van der Waals surface area contributed by atoms with Crippen LogP contribution in [-0.2, 0) is 28.6 Å². The summed E-state index contributed by atoms with van der Waals surface area (Å²) >= 11 is 0. The second-order valence-electron chi connectivity index (χ2n) is 11.5. The van der Waals surface area contributed by atoms with E-state index < -0.39 is 0 Å². The number of carbonyl (C=O) groups excluding carboxylic acids is 1. The molecule has 0 amide bonds. The van der Waals surface area contributed by atoms with Gasteiger partial charge in [-0.05, 0) is 82.9 Å². The van der Waals surface area contributed by atoms with Gasteiger partial charge in [0.2, 0.25) is 0 Å². The molecule has 0 spiro atoms. The Hall–Kier alpha value is -2.88. The molecule has 1 aromatic heterocycles. The van der Waals surface area contributed by atoms with Gasteiger partial charge in [-0.15, -0.1) is 0 Å². The molecule has 1 heterocycles. The number of imidazole rings is 1. The van der Waals surface area contributed by atoms with E-state index in [1.165, 1.54) is 39.8 Å². The summed E-state index contributed by atoms with van der Waals surface area (Å²) in [6, 6.07) is 10.9. The lowest BCUT2D eigenvalue weighted by Gasteiger charge is -2.42. The fourth-order valence-corrected chi connectivity index (χ4v) is 5.55. The molecular formula is C31H40N2O2. The fourth-order valence-electron chi connectivity index (χ4n) is 5.55. The maximum absolute atomic E-state index is 13.2. The molecule has 0 saturated carbocycles. The molecule has 0 unspecified atom stereocenters. The van der Waals surface area contributed by atoms with Crippen LogP contribution in [-0.4, -0.2) is 15.6 Å². The summed E-state index contributed by atoms with van der Waals surface area (Å²) in [5, 5.41) is 0. The van der Waals surface area contributed by atoms with Crippen molar-refractivity contribution in [2.45, 2.75) is 98.0 Å². The molecule has 0 N–H and O–H groups in total. The molecule has 0 aliphatic heterocycles. The zero-order chi connectivity index (χ0) is 25.5. The Labute approximate surface area is 210 Å². The Bertz CT molecular complexity index is 1250. The van der Waals surface area contributed by atoms with Gasteiger partial charge in [0, 0.05) is 18.3 Å². The van der Waals surface area contributed by atoms with Crippen molar-refractivity contribution in [1.29, 1.82) is 0 Å². The average molecular weight is 473 g/mol. The molecular weight excluding hydrogens is 432 g/mol. The summed E-state index contributed by atoms with van der Waals surface area (Å²) in [4.78, 5) is 17.7. The summed E-state index contributed by atoms with van der Waals surface area (Å²) in [6.07, 6.45) is 6.27. The number of fused-ring (bicyclic) bond motifs is 1. The van der Waals surface area contributed by atoms with Crippen LogP contribution >= 0.6 is 0 Å². The second kappa shape index (κ2) is 9.29. The summed E-state index contributed by atoms with van der Waals surface area (Å²) < 4.78 is 7.45. The van der Waals surface area contributed by atoms with E-state index in [0.717, 1.165) is 18.4 Å². The third-order valence-electron chi connectivity index (χ3n) is 8.27. The molecule has 35 heavy (non-hydrogen) atoms. The smallest absolute Gasteiger partial charge is 0.419 e. The van der Waals surface area contributed by atoms with E-state index in [4.69, 9.17) is 4.74 Å². The van der Waals surface area contributed by atoms with Crippen molar-refractivity contribution in [3.05, 3.63) is 87.5 Å². The van der Waals surface area contributed by atoms with E-state index in [9.17, 15) is 4.79 Å². The standard InChI is InChI=1S/C31H40N2O2/c1-9-23-17-26-27(31(7,8)14-13-30(26,5)6)18-24(23)19-35-29(34)33-16-15-32-28(33)22(4)25-12-10-11-20(2)21(25)3/h10-12,15-18,22H,9,13-14,19H2,1-8H3/t22-/m0/s1. The molecule has 4 heteroatoms. The minimum Gasteiger partial charge on any atom is -0.444 e. The van der Waals surface area contributed by atoms with Crippen molar-refractivity contribution in [1.82, 2.24) is 9.55 Å². The number of carbonyl (C=O) groups is 1. The van der Waals surface area contributed by atoms with Crippen molar-refractivity contribution in [2.24, 2.45) is 0 Å². The Morgan fingerprint density at radius 1 is 1.06 bits per heavy atom. The summed E-state index contributed by atoms with van der Waals surface area (Å²) in [5.41, 5.74) is 9.14. The van der Waals surface area contributed by atoms with Crippen LogP contribution in [0.1, 0.15) is 105 Å². The first-order valence-electron chi connectivity index (χ1n) is 12.9. The predicted molar refractivity (Wildman–Crippen MR) is 142 cm³/mol. The van der Waals surface area contributed by atoms with Gasteiger partial charge in [0.25, 0.3) is 0 Å². The monoisotopic (exact) mass is 472 g/mol. The summed E-state index contributed by atoms with van der Waals surface area (Å²) in [6.45, 7) is 18.1. The number of benzene rings is 2. The minimum atomic E-state index is -0.381. The lowest BCUT2D eigenvalue weighted by atomic mass is 9.62. The maximum Gasteiger partial charge on any atom is 0.419 e. The van der Waals surface area contributed by atoms with Gasteiger partial charge >= 0.3 is 6.09 Å². The molecule has 4 nitrogen and oxygen atoms in total. The third kappa shape index (κ3) is 4.68. The van der Waals surface area contributed by atoms with Crippen LogP contribution in [0.4, 0.5) is 4.79 Å². The van der Waals surface area contributed by atoms with Gasteiger partial charge < -0.3 is 4.74 Å². The molecule has 1 atom stereocenters. The van der Waals surface area contributed by atoms with Gasteiger partial charge in [0.15, 0.2) is 0 Å². The first-order chi connectivity index (χ1) is 16.5. The van der Waals surface area contributed by atoms with E-state index in [2.05, 4.69) is 90.7 Å². The summed E-state index contributed by atoms with van der Waals surface area (Å²) in [5.74, 6) is 0.683. The number of nitrogens with zero attached hydrogens (tertiary/aromatic N) is 2. The highest BCUT2D eigenvalue weighted by Gasteiger charge is 2.37. The molecule has 0 saturated heterocycles. The highest BCUT2D eigenvalue weighted by Crippen LogP contribution is 2.46. The van der Waals surface area contributed by atoms with Crippen LogP contribution in [0, 0.1) is 13.8 Å². The number of hydrogen-bond acceptors (Lipinski definition) is 3.